The van der Waals surface area contributed by atoms with E-state index in [-0.39, 0.29) is 18.0 Å². The number of carbonyl (C=O) groups is 2. The summed E-state index contributed by atoms with van der Waals surface area (Å²) in [6, 6.07) is 13.5. The molecule has 4 nitrogen and oxygen atoms in total. The van der Waals surface area contributed by atoms with Crippen LogP contribution in [0.3, 0.4) is 0 Å². The highest BCUT2D eigenvalue weighted by Gasteiger charge is 2.49. The number of allylic oxidation sites excluding steroid dienone is 1. The van der Waals surface area contributed by atoms with Crippen molar-refractivity contribution in [1.82, 2.24) is 0 Å². The summed E-state index contributed by atoms with van der Waals surface area (Å²) < 4.78 is 13.5. The topological polar surface area (TPSA) is 66.4 Å². The molecule has 3 rings (SSSR count). The van der Waals surface area contributed by atoms with Gasteiger partial charge in [-0.05, 0) is 57.5 Å². The third kappa shape index (κ3) is 4.30. The SMILES string of the molecule is CC(=O)C1=C(Nc2ccc(C)cc2)C[C@](C)(O)[C@H](C(C)=O)[C@H]1c1ccc(F)cc1. The maximum Gasteiger partial charge on any atom is 0.158 e. The minimum Gasteiger partial charge on any atom is -0.389 e. The summed E-state index contributed by atoms with van der Waals surface area (Å²) >= 11 is 0. The molecule has 2 aromatic rings. The third-order valence-electron chi connectivity index (χ3n) is 5.57. The van der Waals surface area contributed by atoms with Crippen molar-refractivity contribution in [3.8, 4) is 0 Å². The first kappa shape index (κ1) is 20.9. The maximum absolute atomic E-state index is 13.5. The lowest BCUT2D eigenvalue weighted by Crippen LogP contribution is -2.48. The van der Waals surface area contributed by atoms with Crippen molar-refractivity contribution >= 4 is 17.3 Å². The first-order chi connectivity index (χ1) is 13.6. The number of nitrogens with one attached hydrogen (secondary N) is 1. The molecule has 0 heterocycles. The third-order valence-corrected chi connectivity index (χ3v) is 5.57. The standard InChI is InChI=1S/C24H26FNO3/c1-14-5-11-19(12-6-14)26-20-13-24(4,29)23(16(3)28)22(21(20)15(2)27)17-7-9-18(25)10-8-17/h5-12,22-23,26,29H,13H2,1-4H3/t22-,23+,24-/m0/s1. The summed E-state index contributed by atoms with van der Waals surface area (Å²) in [6.45, 7) is 6.48. The summed E-state index contributed by atoms with van der Waals surface area (Å²) in [5.41, 5.74) is 2.19. The van der Waals surface area contributed by atoms with Gasteiger partial charge in [0.25, 0.3) is 0 Å². The highest BCUT2D eigenvalue weighted by atomic mass is 19.1. The molecular weight excluding hydrogens is 369 g/mol. The summed E-state index contributed by atoms with van der Waals surface area (Å²) in [5.74, 6) is -2.27. The number of carbonyl (C=O) groups excluding carboxylic acids is 2. The summed E-state index contributed by atoms with van der Waals surface area (Å²) in [7, 11) is 0. The molecule has 0 spiro atoms. The second-order valence-corrected chi connectivity index (χ2v) is 8.09. The molecule has 0 aliphatic heterocycles. The van der Waals surface area contributed by atoms with Crippen LogP contribution in [0.5, 0.6) is 0 Å². The summed E-state index contributed by atoms with van der Waals surface area (Å²) in [4.78, 5) is 25.3. The van der Waals surface area contributed by atoms with Gasteiger partial charge in [-0.1, -0.05) is 29.8 Å². The van der Waals surface area contributed by atoms with Crippen LogP contribution in [0.1, 0.15) is 44.2 Å². The van der Waals surface area contributed by atoms with Crippen molar-refractivity contribution in [2.24, 2.45) is 5.92 Å². The smallest absolute Gasteiger partial charge is 0.158 e. The Balaban J connectivity index is 2.19. The fourth-order valence-corrected chi connectivity index (χ4v) is 4.33. The molecule has 0 amide bonds. The van der Waals surface area contributed by atoms with E-state index in [0.717, 1.165) is 11.3 Å². The van der Waals surface area contributed by atoms with E-state index in [0.29, 0.717) is 16.8 Å². The fraction of sp³-hybridized carbons (Fsp3) is 0.333. The van der Waals surface area contributed by atoms with E-state index in [2.05, 4.69) is 5.32 Å². The molecule has 0 radical (unpaired) electrons. The van der Waals surface area contributed by atoms with Crippen molar-refractivity contribution in [3.05, 3.63) is 76.7 Å². The van der Waals surface area contributed by atoms with Crippen LogP contribution in [0.2, 0.25) is 0 Å². The minimum absolute atomic E-state index is 0.137. The van der Waals surface area contributed by atoms with E-state index in [1.807, 2.05) is 31.2 Å². The van der Waals surface area contributed by atoms with Gasteiger partial charge in [0.1, 0.15) is 11.6 Å². The van der Waals surface area contributed by atoms with Crippen LogP contribution in [0, 0.1) is 18.7 Å². The zero-order valence-electron chi connectivity index (χ0n) is 17.1. The molecular formula is C24H26FNO3. The second-order valence-electron chi connectivity index (χ2n) is 8.09. The Hall–Kier alpha value is -2.79. The average molecular weight is 395 g/mol. The number of halogens is 1. The number of hydrogen-bond donors (Lipinski definition) is 2. The zero-order chi connectivity index (χ0) is 21.3. The van der Waals surface area contributed by atoms with E-state index >= 15 is 0 Å². The van der Waals surface area contributed by atoms with Crippen molar-refractivity contribution in [2.75, 3.05) is 5.32 Å². The molecule has 29 heavy (non-hydrogen) atoms. The molecule has 0 bridgehead atoms. The first-order valence-corrected chi connectivity index (χ1v) is 9.66. The Morgan fingerprint density at radius 3 is 2.17 bits per heavy atom. The Labute approximate surface area is 170 Å². The van der Waals surface area contributed by atoms with Gasteiger partial charge in [-0.15, -0.1) is 0 Å². The van der Waals surface area contributed by atoms with Gasteiger partial charge in [0.2, 0.25) is 0 Å². The molecule has 0 saturated carbocycles. The van der Waals surface area contributed by atoms with Crippen LogP contribution < -0.4 is 5.32 Å². The minimum atomic E-state index is -1.36. The number of anilines is 1. The quantitative estimate of drug-likeness (QED) is 0.780. The van der Waals surface area contributed by atoms with Gasteiger partial charge < -0.3 is 10.4 Å². The van der Waals surface area contributed by atoms with Gasteiger partial charge in [-0.2, -0.15) is 0 Å². The van der Waals surface area contributed by atoms with Crippen molar-refractivity contribution in [3.63, 3.8) is 0 Å². The normalized spacial score (nSPS) is 24.3. The summed E-state index contributed by atoms with van der Waals surface area (Å²) in [6.07, 6.45) is 0.137. The highest BCUT2D eigenvalue weighted by Crippen LogP contribution is 2.47. The van der Waals surface area contributed by atoms with Crippen LogP contribution in [0.15, 0.2) is 59.8 Å². The number of benzene rings is 2. The van der Waals surface area contributed by atoms with Gasteiger partial charge in [0.05, 0.1) is 11.5 Å². The molecule has 3 atom stereocenters. The molecule has 1 aliphatic carbocycles. The second kappa shape index (κ2) is 7.91. The van der Waals surface area contributed by atoms with Crippen LogP contribution in [-0.4, -0.2) is 22.3 Å². The van der Waals surface area contributed by atoms with Crippen LogP contribution in [-0.2, 0) is 9.59 Å². The Bertz CT molecular complexity index is 959. The highest BCUT2D eigenvalue weighted by molar-refractivity contribution is 5.98. The monoisotopic (exact) mass is 395 g/mol. The molecule has 152 valence electrons. The number of rotatable bonds is 5. The lowest BCUT2D eigenvalue weighted by molar-refractivity contribution is -0.131. The average Bonchev–Trinajstić information content (AvgIpc) is 2.62. The summed E-state index contributed by atoms with van der Waals surface area (Å²) in [5, 5.41) is 14.5. The van der Waals surface area contributed by atoms with Crippen LogP contribution in [0.25, 0.3) is 0 Å². The molecule has 5 heteroatoms. The van der Waals surface area contributed by atoms with Crippen molar-refractivity contribution < 1.29 is 19.1 Å². The lowest BCUT2D eigenvalue weighted by Gasteiger charge is -2.43. The number of aryl methyl sites for hydroxylation is 1. The number of hydrogen-bond acceptors (Lipinski definition) is 4. The predicted octanol–water partition coefficient (Wildman–Crippen LogP) is 4.53. The number of Topliss-reactive ketones (excluding diaryl/α,β-unsaturated/α-hetero) is 2. The zero-order valence-corrected chi connectivity index (χ0v) is 17.1. The molecule has 0 aromatic heterocycles. The van der Waals surface area contributed by atoms with E-state index in [1.54, 1.807) is 19.1 Å². The molecule has 0 fully saturated rings. The molecule has 2 aromatic carbocycles. The Morgan fingerprint density at radius 2 is 1.66 bits per heavy atom. The van der Waals surface area contributed by atoms with Gasteiger partial charge >= 0.3 is 0 Å². The van der Waals surface area contributed by atoms with Crippen LogP contribution in [0.4, 0.5) is 10.1 Å². The number of ketones is 2. The van der Waals surface area contributed by atoms with Gasteiger partial charge in [-0.25, -0.2) is 4.39 Å². The largest absolute Gasteiger partial charge is 0.389 e. The Kier molecular flexibility index (Phi) is 5.71. The molecule has 2 N–H and O–H groups in total. The fourth-order valence-electron chi connectivity index (χ4n) is 4.33. The van der Waals surface area contributed by atoms with E-state index < -0.39 is 23.3 Å². The lowest BCUT2D eigenvalue weighted by atomic mass is 9.64. The van der Waals surface area contributed by atoms with Gasteiger partial charge in [0, 0.05) is 29.3 Å². The van der Waals surface area contributed by atoms with Crippen molar-refractivity contribution in [1.29, 1.82) is 0 Å². The van der Waals surface area contributed by atoms with Crippen LogP contribution >= 0.6 is 0 Å². The van der Waals surface area contributed by atoms with E-state index in [1.165, 1.54) is 26.0 Å². The first-order valence-electron chi connectivity index (χ1n) is 9.66. The molecule has 1 aliphatic rings. The number of aliphatic hydroxyl groups is 1. The van der Waals surface area contributed by atoms with E-state index in [4.69, 9.17) is 0 Å². The van der Waals surface area contributed by atoms with Gasteiger partial charge in [-0.3, -0.25) is 9.59 Å². The van der Waals surface area contributed by atoms with Crippen molar-refractivity contribution in [2.45, 2.75) is 45.6 Å². The van der Waals surface area contributed by atoms with Gasteiger partial charge in [0.15, 0.2) is 5.78 Å². The molecule has 0 unspecified atom stereocenters. The Morgan fingerprint density at radius 1 is 1.07 bits per heavy atom. The molecule has 0 saturated heterocycles. The predicted molar refractivity (Wildman–Crippen MR) is 111 cm³/mol. The maximum atomic E-state index is 13.5. The van der Waals surface area contributed by atoms with E-state index in [9.17, 15) is 19.1 Å².